The zero-order chi connectivity index (χ0) is 13.1. The number of benzene rings is 1. The van der Waals surface area contributed by atoms with Crippen molar-refractivity contribution in [1.82, 2.24) is 4.98 Å². The summed E-state index contributed by atoms with van der Waals surface area (Å²) < 4.78 is 5.21. The van der Waals surface area contributed by atoms with Crippen molar-refractivity contribution in [2.45, 2.75) is 0 Å². The van der Waals surface area contributed by atoms with E-state index in [1.165, 1.54) is 4.88 Å². The van der Waals surface area contributed by atoms with Crippen LogP contribution in [0.5, 0.6) is 5.75 Å². The van der Waals surface area contributed by atoms with Crippen LogP contribution in [-0.4, -0.2) is 12.1 Å². The maximum Gasteiger partial charge on any atom is 0.119 e. The fourth-order valence-corrected chi connectivity index (χ4v) is 2.51. The Morgan fingerprint density at radius 1 is 1.11 bits per heavy atom. The molecule has 2 heterocycles. The Balaban J connectivity index is 1.93. The van der Waals surface area contributed by atoms with Gasteiger partial charge in [-0.15, -0.1) is 11.3 Å². The molecule has 1 aromatic carbocycles. The van der Waals surface area contributed by atoms with Crippen molar-refractivity contribution in [1.29, 1.82) is 0 Å². The summed E-state index contributed by atoms with van der Waals surface area (Å²) in [5.41, 5.74) is 1.94. The fraction of sp³-hybridized carbons (Fsp3) is 0.0625. The van der Waals surface area contributed by atoms with E-state index in [0.717, 1.165) is 22.3 Å². The van der Waals surface area contributed by atoms with Crippen LogP contribution in [0.4, 0.5) is 0 Å². The van der Waals surface area contributed by atoms with Crippen molar-refractivity contribution in [3.63, 3.8) is 0 Å². The van der Waals surface area contributed by atoms with Crippen LogP contribution in [0.1, 0.15) is 10.6 Å². The van der Waals surface area contributed by atoms with E-state index in [1.807, 2.05) is 36.4 Å². The molecule has 0 fully saturated rings. The first-order valence-electron chi connectivity index (χ1n) is 6.01. The first kappa shape index (κ1) is 11.9. The van der Waals surface area contributed by atoms with E-state index < -0.39 is 0 Å². The molecule has 0 bridgehead atoms. The molecule has 0 aliphatic rings. The monoisotopic (exact) mass is 267 g/mol. The first-order chi connectivity index (χ1) is 9.35. The molecule has 0 spiro atoms. The largest absolute Gasteiger partial charge is 0.497 e. The first-order valence-corrected chi connectivity index (χ1v) is 6.89. The molecule has 0 amide bonds. The lowest BCUT2D eigenvalue weighted by atomic mass is 10.2. The highest BCUT2D eigenvalue weighted by Crippen LogP contribution is 2.20. The summed E-state index contributed by atoms with van der Waals surface area (Å²) in [6.45, 7) is 0. The van der Waals surface area contributed by atoms with Crippen molar-refractivity contribution in [3.05, 3.63) is 58.4 Å². The molecule has 2 aromatic heterocycles. The van der Waals surface area contributed by atoms with Gasteiger partial charge in [-0.3, -0.25) is 0 Å². The van der Waals surface area contributed by atoms with E-state index in [0.29, 0.717) is 0 Å². The lowest BCUT2D eigenvalue weighted by Crippen LogP contribution is -1.86. The Hall–Kier alpha value is -2.13. The Bertz CT molecular complexity index is 717. The molecule has 0 saturated carbocycles. The van der Waals surface area contributed by atoms with Crippen molar-refractivity contribution in [3.8, 4) is 5.75 Å². The lowest BCUT2D eigenvalue weighted by molar-refractivity contribution is 0.415. The van der Waals surface area contributed by atoms with Gasteiger partial charge in [-0.1, -0.05) is 12.1 Å². The molecule has 0 N–H and O–H groups in total. The summed E-state index contributed by atoms with van der Waals surface area (Å²) in [6, 6.07) is 14.1. The average molecular weight is 267 g/mol. The number of hydrogen-bond donors (Lipinski definition) is 0. The molecule has 94 valence electrons. The van der Waals surface area contributed by atoms with Crippen LogP contribution in [0, 0.1) is 0 Å². The molecule has 0 unspecified atom stereocenters. The van der Waals surface area contributed by atoms with E-state index in [4.69, 9.17) is 4.74 Å². The third kappa shape index (κ3) is 2.66. The Morgan fingerprint density at radius 2 is 2.05 bits per heavy atom. The van der Waals surface area contributed by atoms with Gasteiger partial charge < -0.3 is 4.74 Å². The minimum Gasteiger partial charge on any atom is -0.497 e. The van der Waals surface area contributed by atoms with Crippen LogP contribution in [0.15, 0.2) is 47.8 Å². The summed E-state index contributed by atoms with van der Waals surface area (Å²) in [5.74, 6) is 0.858. The number of nitrogens with zero attached hydrogens (tertiary/aromatic N) is 1. The topological polar surface area (TPSA) is 22.1 Å². The van der Waals surface area contributed by atoms with Crippen LogP contribution in [-0.2, 0) is 0 Å². The van der Waals surface area contributed by atoms with Crippen LogP contribution in [0.3, 0.4) is 0 Å². The molecule has 0 aliphatic heterocycles. The molecule has 19 heavy (non-hydrogen) atoms. The second-order valence-corrected chi connectivity index (χ2v) is 5.12. The maximum atomic E-state index is 5.21. The van der Waals surface area contributed by atoms with Gasteiger partial charge in [-0.2, -0.15) is 0 Å². The minimum absolute atomic E-state index is 0.858. The number of ether oxygens (including phenoxy) is 1. The third-order valence-corrected chi connectivity index (χ3v) is 3.72. The van der Waals surface area contributed by atoms with E-state index in [2.05, 4.69) is 28.6 Å². The highest BCUT2D eigenvalue weighted by atomic mass is 32.1. The predicted octanol–water partition coefficient (Wildman–Crippen LogP) is 4.48. The van der Waals surface area contributed by atoms with Gasteiger partial charge in [0.2, 0.25) is 0 Å². The molecule has 0 radical (unpaired) electrons. The van der Waals surface area contributed by atoms with Crippen molar-refractivity contribution in [2.24, 2.45) is 0 Å². The SMILES string of the molecule is COc1ccc2nc(/C=C/c3cccs3)ccc2c1. The molecular formula is C16H13NOS. The van der Waals surface area contributed by atoms with E-state index in [1.54, 1.807) is 18.4 Å². The van der Waals surface area contributed by atoms with Crippen molar-refractivity contribution >= 4 is 34.4 Å². The van der Waals surface area contributed by atoms with Gasteiger partial charge >= 0.3 is 0 Å². The number of rotatable bonds is 3. The zero-order valence-corrected chi connectivity index (χ0v) is 11.4. The van der Waals surface area contributed by atoms with E-state index >= 15 is 0 Å². The van der Waals surface area contributed by atoms with Gasteiger partial charge in [0, 0.05) is 10.3 Å². The standard InChI is InChI=1S/C16H13NOS/c1-18-14-7-9-16-12(11-14)4-5-13(17-16)6-8-15-3-2-10-19-15/h2-11H,1H3/b8-6+. The van der Waals surface area contributed by atoms with E-state index in [9.17, 15) is 0 Å². The highest BCUT2D eigenvalue weighted by Gasteiger charge is 1.98. The molecular weight excluding hydrogens is 254 g/mol. The number of aromatic nitrogens is 1. The van der Waals surface area contributed by atoms with Gasteiger partial charge in [0.05, 0.1) is 18.3 Å². The van der Waals surface area contributed by atoms with Gasteiger partial charge in [0.1, 0.15) is 5.75 Å². The Kier molecular flexibility index (Phi) is 3.29. The predicted molar refractivity (Wildman–Crippen MR) is 81.5 cm³/mol. The van der Waals surface area contributed by atoms with Crippen LogP contribution in [0.2, 0.25) is 0 Å². The quantitative estimate of drug-likeness (QED) is 0.698. The van der Waals surface area contributed by atoms with E-state index in [-0.39, 0.29) is 0 Å². The van der Waals surface area contributed by atoms with Crippen LogP contribution in [0.25, 0.3) is 23.1 Å². The molecule has 2 nitrogen and oxygen atoms in total. The summed E-state index contributed by atoms with van der Waals surface area (Å²) >= 11 is 1.72. The smallest absolute Gasteiger partial charge is 0.119 e. The second-order valence-electron chi connectivity index (χ2n) is 4.14. The molecule has 3 heteroatoms. The van der Waals surface area contributed by atoms with Gasteiger partial charge in [-0.05, 0) is 47.9 Å². The molecule has 3 aromatic rings. The lowest BCUT2D eigenvalue weighted by Gasteiger charge is -2.02. The average Bonchev–Trinajstić information content (AvgIpc) is 2.97. The number of pyridine rings is 1. The Morgan fingerprint density at radius 3 is 2.84 bits per heavy atom. The number of methoxy groups -OCH3 is 1. The Labute approximate surface area is 116 Å². The molecule has 3 rings (SSSR count). The summed E-state index contributed by atoms with van der Waals surface area (Å²) in [6.07, 6.45) is 4.12. The van der Waals surface area contributed by atoms with Crippen molar-refractivity contribution < 1.29 is 4.74 Å². The maximum absolute atomic E-state index is 5.21. The highest BCUT2D eigenvalue weighted by molar-refractivity contribution is 7.10. The minimum atomic E-state index is 0.858. The summed E-state index contributed by atoms with van der Waals surface area (Å²) in [7, 11) is 1.67. The number of thiophene rings is 1. The van der Waals surface area contributed by atoms with Gasteiger partial charge in [0.25, 0.3) is 0 Å². The van der Waals surface area contributed by atoms with Gasteiger partial charge in [0.15, 0.2) is 0 Å². The van der Waals surface area contributed by atoms with Gasteiger partial charge in [-0.25, -0.2) is 4.98 Å². The fourth-order valence-electron chi connectivity index (χ4n) is 1.89. The normalized spacial score (nSPS) is 11.2. The van der Waals surface area contributed by atoms with Crippen LogP contribution >= 0.6 is 11.3 Å². The second kappa shape index (κ2) is 5.24. The van der Waals surface area contributed by atoms with Crippen molar-refractivity contribution in [2.75, 3.05) is 7.11 Å². The summed E-state index contributed by atoms with van der Waals surface area (Å²) in [4.78, 5) is 5.85. The molecule has 0 atom stereocenters. The third-order valence-electron chi connectivity index (χ3n) is 2.88. The molecule has 0 aliphatic carbocycles. The summed E-state index contributed by atoms with van der Waals surface area (Å²) in [5, 5.41) is 3.16. The number of fused-ring (bicyclic) bond motifs is 1. The number of hydrogen-bond acceptors (Lipinski definition) is 3. The van der Waals surface area contributed by atoms with Crippen LogP contribution < -0.4 is 4.74 Å². The zero-order valence-electron chi connectivity index (χ0n) is 10.5. The molecule has 0 saturated heterocycles.